The average molecular weight is 1530 g/mol. The van der Waals surface area contributed by atoms with Crippen LogP contribution in [0.5, 0.6) is 0 Å². The van der Waals surface area contributed by atoms with Crippen molar-refractivity contribution < 1.29 is 80.2 Å². The normalized spacial score (nSPS) is 13.9. The SMILES string of the molecule is CCCCCC/C=C\C=C/CCCCCCCC(=O)O[C@H](COC(=O)CCCCCCCCCCCC)COP(=O)(O)OC[C@H](O)COP(=O)(O)OC[C@@H](COC(=O)CCCCCCCCCCCCCCCCCCC(C)C)OC(=O)CCCCCCCCCCCCCCCCCCCCCCC. The molecule has 0 spiro atoms. The molecule has 620 valence electrons. The predicted molar refractivity (Wildman–Crippen MR) is 432 cm³/mol. The van der Waals surface area contributed by atoms with Crippen molar-refractivity contribution >= 4 is 39.5 Å². The molecule has 0 aliphatic heterocycles. The van der Waals surface area contributed by atoms with E-state index in [0.29, 0.717) is 25.7 Å². The van der Waals surface area contributed by atoms with Gasteiger partial charge in [0.2, 0.25) is 0 Å². The third-order valence-corrected chi connectivity index (χ3v) is 21.6. The van der Waals surface area contributed by atoms with Crippen LogP contribution >= 0.6 is 15.6 Å². The number of allylic oxidation sites excluding steroid dienone is 4. The molecule has 19 heteroatoms. The van der Waals surface area contributed by atoms with E-state index in [4.69, 9.17) is 37.0 Å². The predicted octanol–water partition coefficient (Wildman–Crippen LogP) is 25.9. The Morgan fingerprint density at radius 1 is 0.295 bits per heavy atom. The highest BCUT2D eigenvalue weighted by Crippen LogP contribution is 2.45. The van der Waals surface area contributed by atoms with E-state index in [2.05, 4.69) is 58.9 Å². The Balaban J connectivity index is 5.25. The van der Waals surface area contributed by atoms with E-state index in [9.17, 15) is 43.2 Å². The first kappa shape index (κ1) is 103. The highest BCUT2D eigenvalue weighted by molar-refractivity contribution is 7.47. The fraction of sp³-hybridized carbons (Fsp3) is 0.907. The molecule has 5 atom stereocenters. The van der Waals surface area contributed by atoms with Crippen LogP contribution < -0.4 is 0 Å². The standard InChI is InChI=1S/C86H164O17P2/c1-6-9-12-15-18-21-24-26-28-29-30-31-32-33-39-43-47-52-57-62-67-72-86(91)103-82(76-97-84(89)70-65-60-55-50-45-41-38-35-34-37-40-44-48-53-58-63-68-79(4)5)78-101-105(94,95)99-74-80(87)73-98-104(92,93)100-77-81(75-96-83(88)69-64-59-54-49-23-20-17-14-11-8-3)102-85(90)71-66-61-56-51-46-42-36-27-25-22-19-16-13-10-7-2/h22,25,27,36,79-82,87H,6-21,23-24,26,28-35,37-78H2,1-5H3,(H,92,93)(H,94,95)/b25-22-,36-27-/t80-,81+,82+/m0/s1. The van der Waals surface area contributed by atoms with Gasteiger partial charge in [-0.15, -0.1) is 0 Å². The third-order valence-electron chi connectivity index (χ3n) is 19.7. The lowest BCUT2D eigenvalue weighted by Gasteiger charge is -2.21. The van der Waals surface area contributed by atoms with Crippen molar-refractivity contribution in [3.05, 3.63) is 24.3 Å². The number of unbranched alkanes of at least 4 members (excludes halogenated alkanes) is 53. The van der Waals surface area contributed by atoms with Crippen LogP contribution in [0.1, 0.15) is 439 Å². The van der Waals surface area contributed by atoms with Crippen LogP contribution in [-0.4, -0.2) is 96.7 Å². The molecule has 0 fully saturated rings. The third kappa shape index (κ3) is 79.4. The Hall–Kier alpha value is -2.46. The molecular formula is C86H164O17P2. The number of ether oxygens (including phenoxy) is 4. The van der Waals surface area contributed by atoms with Gasteiger partial charge < -0.3 is 33.8 Å². The second-order valence-electron chi connectivity index (χ2n) is 30.7. The fourth-order valence-corrected chi connectivity index (χ4v) is 14.5. The van der Waals surface area contributed by atoms with Crippen LogP contribution in [0.4, 0.5) is 0 Å². The number of esters is 4. The van der Waals surface area contributed by atoms with Crippen LogP contribution in [0.15, 0.2) is 24.3 Å². The summed E-state index contributed by atoms with van der Waals surface area (Å²) in [4.78, 5) is 73.1. The summed E-state index contributed by atoms with van der Waals surface area (Å²) in [5.41, 5.74) is 0. The van der Waals surface area contributed by atoms with Crippen LogP contribution in [0.25, 0.3) is 0 Å². The van der Waals surface area contributed by atoms with Gasteiger partial charge in [0.05, 0.1) is 26.4 Å². The van der Waals surface area contributed by atoms with Crippen molar-refractivity contribution in [3.8, 4) is 0 Å². The Morgan fingerprint density at radius 2 is 0.514 bits per heavy atom. The number of hydrogen-bond acceptors (Lipinski definition) is 15. The molecule has 17 nitrogen and oxygen atoms in total. The van der Waals surface area contributed by atoms with Gasteiger partial charge in [-0.3, -0.25) is 37.3 Å². The smallest absolute Gasteiger partial charge is 0.462 e. The number of rotatable bonds is 84. The summed E-state index contributed by atoms with van der Waals surface area (Å²) in [5, 5.41) is 10.7. The topological polar surface area (TPSA) is 237 Å². The van der Waals surface area contributed by atoms with Gasteiger partial charge >= 0.3 is 39.5 Å². The van der Waals surface area contributed by atoms with Gasteiger partial charge in [0.25, 0.3) is 0 Å². The van der Waals surface area contributed by atoms with Gasteiger partial charge in [0.1, 0.15) is 19.3 Å². The second-order valence-corrected chi connectivity index (χ2v) is 33.6. The van der Waals surface area contributed by atoms with Gasteiger partial charge in [-0.05, 0) is 57.3 Å². The zero-order chi connectivity index (χ0) is 76.9. The summed E-state index contributed by atoms with van der Waals surface area (Å²) in [5.74, 6) is -1.32. The Kier molecular flexibility index (Phi) is 76.4. The molecule has 0 aromatic heterocycles. The summed E-state index contributed by atoms with van der Waals surface area (Å²) in [6.07, 6.45) is 74.4. The molecule has 0 heterocycles. The number of carbonyl (C=O) groups excluding carboxylic acids is 4. The summed E-state index contributed by atoms with van der Waals surface area (Å²) < 4.78 is 68.8. The monoisotopic (exact) mass is 1530 g/mol. The minimum absolute atomic E-state index is 0.0856. The number of hydrogen-bond donors (Lipinski definition) is 3. The van der Waals surface area contributed by atoms with Gasteiger partial charge in [-0.1, -0.05) is 386 Å². The summed E-state index contributed by atoms with van der Waals surface area (Å²) in [7, 11) is -9.94. The molecule has 0 aliphatic carbocycles. The summed E-state index contributed by atoms with van der Waals surface area (Å²) in [6, 6.07) is 0. The van der Waals surface area contributed by atoms with E-state index < -0.39 is 97.5 Å². The summed E-state index contributed by atoms with van der Waals surface area (Å²) in [6.45, 7) is 7.31. The van der Waals surface area contributed by atoms with Gasteiger partial charge in [-0.25, -0.2) is 9.13 Å². The minimum Gasteiger partial charge on any atom is -0.462 e. The maximum Gasteiger partial charge on any atom is 0.472 e. The zero-order valence-corrected chi connectivity index (χ0v) is 70.1. The largest absolute Gasteiger partial charge is 0.472 e. The lowest BCUT2D eigenvalue weighted by atomic mass is 10.0. The molecule has 0 aliphatic rings. The quantitative estimate of drug-likeness (QED) is 0.0169. The molecule has 105 heavy (non-hydrogen) atoms. The van der Waals surface area contributed by atoms with E-state index in [1.54, 1.807) is 0 Å². The maximum atomic E-state index is 13.1. The molecule has 0 rings (SSSR count). The minimum atomic E-state index is -4.97. The summed E-state index contributed by atoms with van der Waals surface area (Å²) >= 11 is 0. The first-order valence-electron chi connectivity index (χ1n) is 44.0. The van der Waals surface area contributed by atoms with E-state index in [1.165, 1.54) is 250 Å². The molecule has 0 aromatic rings. The molecule has 0 bridgehead atoms. The number of aliphatic hydroxyl groups excluding tert-OH is 1. The highest BCUT2D eigenvalue weighted by atomic mass is 31.2. The van der Waals surface area contributed by atoms with Crippen molar-refractivity contribution in [3.63, 3.8) is 0 Å². The van der Waals surface area contributed by atoms with E-state index in [0.717, 1.165) is 109 Å². The Labute approximate surface area is 643 Å². The highest BCUT2D eigenvalue weighted by Gasteiger charge is 2.30. The van der Waals surface area contributed by atoms with E-state index in [-0.39, 0.29) is 25.7 Å². The first-order valence-corrected chi connectivity index (χ1v) is 46.9. The lowest BCUT2D eigenvalue weighted by molar-refractivity contribution is -0.161. The van der Waals surface area contributed by atoms with Gasteiger partial charge in [-0.2, -0.15) is 0 Å². The number of aliphatic hydroxyl groups is 1. The number of carbonyl (C=O) groups is 4. The van der Waals surface area contributed by atoms with Crippen molar-refractivity contribution in [1.29, 1.82) is 0 Å². The van der Waals surface area contributed by atoms with Crippen molar-refractivity contribution in [1.82, 2.24) is 0 Å². The van der Waals surface area contributed by atoms with Gasteiger partial charge in [0, 0.05) is 25.7 Å². The first-order chi connectivity index (χ1) is 51.0. The van der Waals surface area contributed by atoms with Crippen molar-refractivity contribution in [2.75, 3.05) is 39.6 Å². The fourth-order valence-electron chi connectivity index (χ4n) is 12.9. The van der Waals surface area contributed by atoms with Crippen molar-refractivity contribution in [2.24, 2.45) is 5.92 Å². The Morgan fingerprint density at radius 3 is 0.781 bits per heavy atom. The molecule has 0 saturated heterocycles. The zero-order valence-electron chi connectivity index (χ0n) is 68.4. The molecule has 0 saturated carbocycles. The number of phosphoric acid groups is 2. The maximum absolute atomic E-state index is 13.1. The van der Waals surface area contributed by atoms with Crippen molar-refractivity contribution in [2.45, 2.75) is 457 Å². The molecule has 0 amide bonds. The second kappa shape index (κ2) is 78.2. The number of phosphoric ester groups is 2. The van der Waals surface area contributed by atoms with Crippen LogP contribution in [0.3, 0.4) is 0 Å². The average Bonchev–Trinajstić information content (AvgIpc) is 0.928. The van der Waals surface area contributed by atoms with Crippen LogP contribution in [0.2, 0.25) is 0 Å². The molecule has 0 radical (unpaired) electrons. The van der Waals surface area contributed by atoms with Gasteiger partial charge in [0.15, 0.2) is 12.2 Å². The van der Waals surface area contributed by atoms with Crippen LogP contribution in [-0.2, 0) is 65.4 Å². The molecule has 3 N–H and O–H groups in total. The molecule has 0 aromatic carbocycles. The molecule has 2 unspecified atom stereocenters. The van der Waals surface area contributed by atoms with E-state index in [1.807, 2.05) is 0 Å². The Bertz CT molecular complexity index is 2090. The van der Waals surface area contributed by atoms with E-state index >= 15 is 0 Å². The lowest BCUT2D eigenvalue weighted by Crippen LogP contribution is -2.30. The van der Waals surface area contributed by atoms with Crippen LogP contribution in [0, 0.1) is 5.92 Å². The molecular weight excluding hydrogens is 1370 g/mol.